The van der Waals surface area contributed by atoms with E-state index in [0.29, 0.717) is 12.1 Å². The second kappa shape index (κ2) is 6.85. The van der Waals surface area contributed by atoms with E-state index >= 15 is 0 Å². The van der Waals surface area contributed by atoms with E-state index < -0.39 is 0 Å². The Morgan fingerprint density at radius 1 is 1.19 bits per heavy atom. The molecule has 5 heteroatoms. The molecule has 4 nitrogen and oxygen atoms in total. The zero-order valence-corrected chi connectivity index (χ0v) is 11.8. The molecule has 0 fully saturated rings. The minimum atomic E-state index is -0.319. The Morgan fingerprint density at radius 2 is 1.86 bits per heavy atom. The number of nitrogens with one attached hydrogen (secondary N) is 1. The molecule has 0 atom stereocenters. The summed E-state index contributed by atoms with van der Waals surface area (Å²) in [4.78, 5) is 13.8. The molecule has 0 unspecified atom stereocenters. The fourth-order valence-electron chi connectivity index (χ4n) is 2.20. The highest BCUT2D eigenvalue weighted by atomic mass is 19.1. The molecular formula is C16H18FN3O. The third-order valence-corrected chi connectivity index (χ3v) is 3.33. The first-order valence-corrected chi connectivity index (χ1v) is 6.75. The van der Waals surface area contributed by atoms with E-state index in [-0.39, 0.29) is 11.7 Å². The lowest BCUT2D eigenvalue weighted by Gasteiger charge is -2.24. The fraction of sp³-hybridized carbons (Fsp3) is 0.188. The van der Waals surface area contributed by atoms with Gasteiger partial charge in [-0.25, -0.2) is 10.2 Å². The first-order chi connectivity index (χ1) is 10.2. The Hall–Kier alpha value is -2.40. The highest BCUT2D eigenvalue weighted by Gasteiger charge is 2.12. The number of nitrogens with zero attached hydrogens (tertiary/aromatic N) is 1. The summed E-state index contributed by atoms with van der Waals surface area (Å²) in [6.45, 7) is 3.30. The minimum Gasteiger partial charge on any atom is -0.367 e. The zero-order valence-electron chi connectivity index (χ0n) is 11.8. The predicted octanol–water partition coefficient (Wildman–Crippen LogP) is 2.46. The van der Waals surface area contributed by atoms with Crippen molar-refractivity contribution >= 4 is 11.6 Å². The molecule has 110 valence electrons. The predicted molar refractivity (Wildman–Crippen MR) is 81.2 cm³/mol. The standard InChI is InChI=1S/C16H18FN3O/c1-2-20(14-9-7-13(17)8-10-14)11-12-5-3-4-6-15(12)16(21)19-18/h3-10H,2,11,18H2,1H3,(H,19,21). The largest absolute Gasteiger partial charge is 0.367 e. The average Bonchev–Trinajstić information content (AvgIpc) is 2.53. The van der Waals surface area contributed by atoms with Crippen LogP contribution in [-0.4, -0.2) is 12.5 Å². The van der Waals surface area contributed by atoms with Gasteiger partial charge in [-0.1, -0.05) is 18.2 Å². The van der Waals surface area contributed by atoms with Gasteiger partial charge in [-0.15, -0.1) is 0 Å². The highest BCUT2D eigenvalue weighted by Crippen LogP contribution is 2.19. The van der Waals surface area contributed by atoms with Crippen LogP contribution in [-0.2, 0) is 6.54 Å². The smallest absolute Gasteiger partial charge is 0.265 e. The van der Waals surface area contributed by atoms with Gasteiger partial charge in [-0.2, -0.15) is 0 Å². The number of benzene rings is 2. The van der Waals surface area contributed by atoms with Crippen LogP contribution < -0.4 is 16.2 Å². The molecule has 2 aromatic carbocycles. The van der Waals surface area contributed by atoms with Crippen LogP contribution in [0.5, 0.6) is 0 Å². The number of hydrogen-bond acceptors (Lipinski definition) is 3. The minimum absolute atomic E-state index is 0.266. The van der Waals surface area contributed by atoms with Gasteiger partial charge in [-0.05, 0) is 42.8 Å². The highest BCUT2D eigenvalue weighted by molar-refractivity contribution is 5.95. The number of hydrogen-bond donors (Lipinski definition) is 2. The lowest BCUT2D eigenvalue weighted by Crippen LogP contribution is -2.32. The van der Waals surface area contributed by atoms with Crippen LogP contribution in [0.2, 0.25) is 0 Å². The molecular weight excluding hydrogens is 269 g/mol. The van der Waals surface area contributed by atoms with Crippen LogP contribution in [0.15, 0.2) is 48.5 Å². The Kier molecular flexibility index (Phi) is 4.90. The van der Waals surface area contributed by atoms with Crippen LogP contribution >= 0.6 is 0 Å². The van der Waals surface area contributed by atoms with Gasteiger partial charge in [0.2, 0.25) is 0 Å². The van der Waals surface area contributed by atoms with E-state index in [4.69, 9.17) is 5.84 Å². The number of anilines is 1. The monoisotopic (exact) mass is 287 g/mol. The molecule has 0 aliphatic heterocycles. The Bertz CT molecular complexity index is 613. The second-order valence-corrected chi connectivity index (χ2v) is 4.62. The first kappa shape index (κ1) is 15.0. The summed E-state index contributed by atoms with van der Waals surface area (Å²) in [6.07, 6.45) is 0. The maximum Gasteiger partial charge on any atom is 0.265 e. The number of halogens is 1. The van der Waals surface area contributed by atoms with Gasteiger partial charge in [0.25, 0.3) is 5.91 Å². The Balaban J connectivity index is 2.27. The van der Waals surface area contributed by atoms with Gasteiger partial charge in [0.15, 0.2) is 0 Å². The number of rotatable bonds is 5. The lowest BCUT2D eigenvalue weighted by molar-refractivity contribution is 0.0952. The van der Waals surface area contributed by atoms with Crippen molar-refractivity contribution in [3.05, 3.63) is 65.5 Å². The normalized spacial score (nSPS) is 10.2. The van der Waals surface area contributed by atoms with Crippen LogP contribution in [0.3, 0.4) is 0 Å². The molecule has 0 aliphatic rings. The molecule has 1 amide bonds. The van der Waals surface area contributed by atoms with Crippen molar-refractivity contribution in [3.63, 3.8) is 0 Å². The summed E-state index contributed by atoms with van der Waals surface area (Å²) in [5.41, 5.74) is 4.47. The molecule has 0 saturated carbocycles. The van der Waals surface area contributed by atoms with Crippen molar-refractivity contribution in [3.8, 4) is 0 Å². The molecule has 3 N–H and O–H groups in total. The van der Waals surface area contributed by atoms with Gasteiger partial charge >= 0.3 is 0 Å². The van der Waals surface area contributed by atoms with Crippen molar-refractivity contribution in [1.29, 1.82) is 0 Å². The summed E-state index contributed by atoms with van der Waals surface area (Å²) >= 11 is 0. The van der Waals surface area contributed by atoms with Gasteiger partial charge in [-0.3, -0.25) is 10.2 Å². The maximum atomic E-state index is 13.0. The maximum absolute atomic E-state index is 13.0. The Morgan fingerprint density at radius 3 is 2.48 bits per heavy atom. The summed E-state index contributed by atoms with van der Waals surface area (Å²) in [5, 5.41) is 0. The summed E-state index contributed by atoms with van der Waals surface area (Å²) < 4.78 is 13.0. The number of hydrazine groups is 1. The number of carbonyl (C=O) groups is 1. The van der Waals surface area contributed by atoms with Crippen molar-refractivity contribution in [2.24, 2.45) is 5.84 Å². The molecule has 0 heterocycles. The summed E-state index contributed by atoms with van der Waals surface area (Å²) in [7, 11) is 0. The molecule has 0 bridgehead atoms. The SMILES string of the molecule is CCN(Cc1ccccc1C(=O)NN)c1ccc(F)cc1. The number of nitrogen functional groups attached to an aromatic ring is 1. The number of amides is 1. The zero-order chi connectivity index (χ0) is 15.2. The molecule has 21 heavy (non-hydrogen) atoms. The third-order valence-electron chi connectivity index (χ3n) is 3.33. The molecule has 0 saturated heterocycles. The van der Waals surface area contributed by atoms with E-state index in [1.807, 2.05) is 19.1 Å². The lowest BCUT2D eigenvalue weighted by atomic mass is 10.1. The van der Waals surface area contributed by atoms with E-state index in [9.17, 15) is 9.18 Å². The van der Waals surface area contributed by atoms with Crippen LogP contribution in [0, 0.1) is 5.82 Å². The summed E-state index contributed by atoms with van der Waals surface area (Å²) in [5.74, 6) is 4.62. The van der Waals surface area contributed by atoms with E-state index in [1.165, 1.54) is 12.1 Å². The van der Waals surface area contributed by atoms with Crippen molar-refractivity contribution in [1.82, 2.24) is 5.43 Å². The van der Waals surface area contributed by atoms with Crippen molar-refractivity contribution in [2.75, 3.05) is 11.4 Å². The van der Waals surface area contributed by atoms with Gasteiger partial charge < -0.3 is 4.90 Å². The topological polar surface area (TPSA) is 58.4 Å². The van der Waals surface area contributed by atoms with Gasteiger partial charge in [0, 0.05) is 24.3 Å². The molecule has 0 aliphatic carbocycles. The van der Waals surface area contributed by atoms with Crippen molar-refractivity contribution in [2.45, 2.75) is 13.5 Å². The van der Waals surface area contributed by atoms with Crippen LogP contribution in [0.25, 0.3) is 0 Å². The third kappa shape index (κ3) is 3.58. The summed E-state index contributed by atoms with van der Waals surface area (Å²) in [6, 6.07) is 13.6. The van der Waals surface area contributed by atoms with E-state index in [0.717, 1.165) is 17.8 Å². The first-order valence-electron chi connectivity index (χ1n) is 6.75. The molecule has 2 aromatic rings. The second-order valence-electron chi connectivity index (χ2n) is 4.62. The number of nitrogens with two attached hydrogens (primary N) is 1. The fourth-order valence-corrected chi connectivity index (χ4v) is 2.20. The molecule has 0 radical (unpaired) electrons. The van der Waals surface area contributed by atoms with Gasteiger partial charge in [0.05, 0.1) is 0 Å². The van der Waals surface area contributed by atoms with Crippen LogP contribution in [0.4, 0.5) is 10.1 Å². The molecule has 2 rings (SSSR count). The van der Waals surface area contributed by atoms with E-state index in [1.54, 1.807) is 24.3 Å². The Labute approximate surface area is 123 Å². The van der Waals surface area contributed by atoms with Gasteiger partial charge in [0.1, 0.15) is 5.82 Å². The van der Waals surface area contributed by atoms with Crippen LogP contribution in [0.1, 0.15) is 22.8 Å². The molecule has 0 aromatic heterocycles. The number of carbonyl (C=O) groups excluding carboxylic acids is 1. The molecule has 0 spiro atoms. The van der Waals surface area contributed by atoms with Crippen molar-refractivity contribution < 1.29 is 9.18 Å². The van der Waals surface area contributed by atoms with E-state index in [2.05, 4.69) is 10.3 Å². The average molecular weight is 287 g/mol. The quantitative estimate of drug-likeness (QED) is 0.504.